The molecule has 5 nitrogen and oxygen atoms in total. The monoisotopic (exact) mass is 317 g/mol. The summed E-state index contributed by atoms with van der Waals surface area (Å²) in [4.78, 5) is 9.03. The molecule has 0 aliphatic heterocycles. The van der Waals surface area contributed by atoms with Gasteiger partial charge in [-0.2, -0.15) is 5.10 Å². The number of imidazole rings is 1. The van der Waals surface area contributed by atoms with Gasteiger partial charge in [0, 0.05) is 41.8 Å². The Morgan fingerprint density at radius 3 is 2.75 bits per heavy atom. The van der Waals surface area contributed by atoms with Gasteiger partial charge in [-0.15, -0.1) is 0 Å². The molecule has 5 heteroatoms. The molecular weight excluding hydrogens is 298 g/mol. The Kier molecular flexibility index (Phi) is 3.61. The number of aromatic nitrogens is 5. The summed E-state index contributed by atoms with van der Waals surface area (Å²) >= 11 is 0. The quantitative estimate of drug-likeness (QED) is 0.624. The number of aromatic amines is 1. The van der Waals surface area contributed by atoms with E-state index in [0.29, 0.717) is 0 Å². The van der Waals surface area contributed by atoms with Crippen molar-refractivity contribution in [2.45, 2.75) is 26.8 Å². The van der Waals surface area contributed by atoms with E-state index < -0.39 is 0 Å². The van der Waals surface area contributed by atoms with Crippen molar-refractivity contribution in [2.75, 3.05) is 0 Å². The molecule has 1 N–H and O–H groups in total. The second-order valence-corrected chi connectivity index (χ2v) is 5.98. The summed E-state index contributed by atoms with van der Waals surface area (Å²) in [6, 6.07) is 10.2. The van der Waals surface area contributed by atoms with Crippen LogP contribution in [0.3, 0.4) is 0 Å². The van der Waals surface area contributed by atoms with Gasteiger partial charge < -0.3 is 4.57 Å². The molecule has 0 aliphatic rings. The molecule has 0 saturated carbocycles. The number of benzene rings is 1. The molecule has 4 rings (SSSR count). The average Bonchev–Trinajstić information content (AvgIpc) is 3.19. The molecular formula is C19H19N5. The van der Waals surface area contributed by atoms with Crippen LogP contribution in [0.1, 0.15) is 17.0 Å². The molecule has 0 radical (unpaired) electrons. The maximum Gasteiger partial charge on any atom is 0.140 e. The highest BCUT2D eigenvalue weighted by atomic mass is 15.1. The van der Waals surface area contributed by atoms with E-state index in [0.717, 1.165) is 46.6 Å². The Morgan fingerprint density at radius 2 is 1.92 bits per heavy atom. The predicted octanol–water partition coefficient (Wildman–Crippen LogP) is 3.68. The van der Waals surface area contributed by atoms with Crippen LogP contribution in [0.25, 0.3) is 22.3 Å². The first-order valence-electron chi connectivity index (χ1n) is 8.10. The Morgan fingerprint density at radius 1 is 1.04 bits per heavy atom. The van der Waals surface area contributed by atoms with E-state index in [4.69, 9.17) is 0 Å². The first-order valence-corrected chi connectivity index (χ1v) is 8.10. The third-order valence-electron chi connectivity index (χ3n) is 4.49. The smallest absolute Gasteiger partial charge is 0.140 e. The lowest BCUT2D eigenvalue weighted by Crippen LogP contribution is -2.04. The highest BCUT2D eigenvalue weighted by molar-refractivity contribution is 5.92. The van der Waals surface area contributed by atoms with Gasteiger partial charge in [-0.05, 0) is 38.0 Å². The normalized spacial score (nSPS) is 11.2. The third kappa shape index (κ3) is 2.48. The molecule has 0 amide bonds. The van der Waals surface area contributed by atoms with Crippen LogP contribution < -0.4 is 0 Å². The van der Waals surface area contributed by atoms with E-state index in [1.54, 1.807) is 0 Å². The van der Waals surface area contributed by atoms with Crippen LogP contribution >= 0.6 is 0 Å². The van der Waals surface area contributed by atoms with E-state index >= 15 is 0 Å². The van der Waals surface area contributed by atoms with Gasteiger partial charge in [0.1, 0.15) is 5.82 Å². The molecule has 3 aromatic heterocycles. The lowest BCUT2D eigenvalue weighted by atomic mass is 10.1. The number of H-pyrrole nitrogens is 1. The van der Waals surface area contributed by atoms with Crippen LogP contribution in [0.4, 0.5) is 0 Å². The second-order valence-electron chi connectivity index (χ2n) is 5.98. The molecule has 0 atom stereocenters. The van der Waals surface area contributed by atoms with Crippen LogP contribution in [-0.2, 0) is 13.0 Å². The minimum Gasteiger partial charge on any atom is -0.331 e. The molecule has 3 heterocycles. The van der Waals surface area contributed by atoms with Gasteiger partial charge in [0.2, 0.25) is 0 Å². The number of pyridine rings is 1. The molecule has 4 aromatic rings. The van der Waals surface area contributed by atoms with Crippen molar-refractivity contribution in [3.05, 3.63) is 65.9 Å². The maximum atomic E-state index is 4.59. The summed E-state index contributed by atoms with van der Waals surface area (Å²) in [7, 11) is 0. The van der Waals surface area contributed by atoms with Crippen molar-refractivity contribution in [2.24, 2.45) is 0 Å². The molecule has 0 bridgehead atoms. The average molecular weight is 317 g/mol. The minimum absolute atomic E-state index is 0.868. The zero-order chi connectivity index (χ0) is 16.5. The topological polar surface area (TPSA) is 59.4 Å². The summed E-state index contributed by atoms with van der Waals surface area (Å²) in [6.45, 7) is 4.98. The number of para-hydroxylation sites is 1. The Labute approximate surface area is 140 Å². The number of nitrogens with one attached hydrogen (secondary N) is 1. The van der Waals surface area contributed by atoms with E-state index in [1.807, 2.05) is 49.8 Å². The van der Waals surface area contributed by atoms with Crippen LogP contribution in [0.2, 0.25) is 0 Å². The van der Waals surface area contributed by atoms with Gasteiger partial charge >= 0.3 is 0 Å². The van der Waals surface area contributed by atoms with E-state index in [1.165, 1.54) is 5.56 Å². The maximum absolute atomic E-state index is 4.59. The van der Waals surface area contributed by atoms with Gasteiger partial charge in [0.25, 0.3) is 0 Å². The Hall–Kier alpha value is -2.95. The first kappa shape index (κ1) is 14.6. The fourth-order valence-corrected chi connectivity index (χ4v) is 3.20. The molecule has 0 aliphatic carbocycles. The van der Waals surface area contributed by atoms with Crippen molar-refractivity contribution in [1.29, 1.82) is 0 Å². The van der Waals surface area contributed by atoms with Gasteiger partial charge in [0.05, 0.1) is 11.2 Å². The Bertz CT molecular complexity index is 971. The number of hydrogen-bond acceptors (Lipinski definition) is 3. The minimum atomic E-state index is 0.868. The fraction of sp³-hybridized carbons (Fsp3) is 0.211. The van der Waals surface area contributed by atoms with Gasteiger partial charge in [-0.25, -0.2) is 4.98 Å². The third-order valence-corrected chi connectivity index (χ3v) is 4.49. The largest absolute Gasteiger partial charge is 0.331 e. The van der Waals surface area contributed by atoms with Crippen molar-refractivity contribution < 1.29 is 0 Å². The molecule has 24 heavy (non-hydrogen) atoms. The number of nitrogens with zero attached hydrogens (tertiary/aromatic N) is 4. The molecule has 1 aromatic carbocycles. The molecule has 0 spiro atoms. The van der Waals surface area contributed by atoms with Crippen LogP contribution in [0.15, 0.2) is 48.9 Å². The SMILES string of the molecule is Cc1n[nH]c(C)c1CCn1ccnc1-c1ccnc2ccccc12. The summed E-state index contributed by atoms with van der Waals surface area (Å²) < 4.78 is 2.20. The van der Waals surface area contributed by atoms with Crippen molar-refractivity contribution in [3.8, 4) is 11.4 Å². The van der Waals surface area contributed by atoms with Crippen molar-refractivity contribution in [3.63, 3.8) is 0 Å². The second kappa shape index (κ2) is 5.92. The molecule has 0 unspecified atom stereocenters. The molecule has 0 saturated heterocycles. The Balaban J connectivity index is 1.70. The predicted molar refractivity (Wildman–Crippen MR) is 94.7 cm³/mol. The summed E-state index contributed by atoms with van der Waals surface area (Å²) in [6.07, 6.45) is 6.68. The highest BCUT2D eigenvalue weighted by Crippen LogP contribution is 2.26. The number of rotatable bonds is 4. The van der Waals surface area contributed by atoms with Crippen LogP contribution in [0, 0.1) is 13.8 Å². The van der Waals surface area contributed by atoms with Gasteiger partial charge in [-0.3, -0.25) is 10.1 Å². The summed E-state index contributed by atoms with van der Waals surface area (Å²) in [5, 5.41) is 8.46. The number of aryl methyl sites for hydroxylation is 3. The van der Waals surface area contributed by atoms with E-state index in [9.17, 15) is 0 Å². The van der Waals surface area contributed by atoms with Gasteiger partial charge in [-0.1, -0.05) is 18.2 Å². The van der Waals surface area contributed by atoms with E-state index in [2.05, 4.69) is 37.7 Å². The molecule has 0 fully saturated rings. The lowest BCUT2D eigenvalue weighted by molar-refractivity contribution is 0.699. The highest BCUT2D eigenvalue weighted by Gasteiger charge is 2.12. The zero-order valence-corrected chi connectivity index (χ0v) is 13.8. The fourth-order valence-electron chi connectivity index (χ4n) is 3.20. The zero-order valence-electron chi connectivity index (χ0n) is 13.8. The van der Waals surface area contributed by atoms with Crippen LogP contribution in [-0.4, -0.2) is 24.7 Å². The van der Waals surface area contributed by atoms with Gasteiger partial charge in [0.15, 0.2) is 0 Å². The number of hydrogen-bond donors (Lipinski definition) is 1. The summed E-state index contributed by atoms with van der Waals surface area (Å²) in [5.41, 5.74) is 5.61. The lowest BCUT2D eigenvalue weighted by Gasteiger charge is -2.10. The standard InChI is InChI=1S/C19H19N5/c1-13-15(14(2)23-22-13)8-11-24-12-10-21-19(24)17-7-9-20-18-6-4-3-5-16(17)18/h3-7,9-10,12H,8,11H2,1-2H3,(H,22,23). The van der Waals surface area contributed by atoms with Crippen molar-refractivity contribution >= 4 is 10.9 Å². The summed E-state index contributed by atoms with van der Waals surface area (Å²) in [5.74, 6) is 0.979. The number of fused-ring (bicyclic) bond motifs is 1. The van der Waals surface area contributed by atoms with Crippen molar-refractivity contribution in [1.82, 2.24) is 24.7 Å². The van der Waals surface area contributed by atoms with E-state index in [-0.39, 0.29) is 0 Å². The van der Waals surface area contributed by atoms with Crippen LogP contribution in [0.5, 0.6) is 0 Å². The first-order chi connectivity index (χ1) is 11.7. The molecule has 120 valence electrons.